The molecule has 1 aliphatic carbocycles. The van der Waals surface area contributed by atoms with Gasteiger partial charge in [-0.15, -0.1) is 0 Å². The van der Waals surface area contributed by atoms with E-state index in [2.05, 4.69) is 26.1 Å². The zero-order valence-corrected chi connectivity index (χ0v) is 9.89. The van der Waals surface area contributed by atoms with Crippen LogP contribution < -0.4 is 5.32 Å². The molecule has 1 N–H and O–H groups in total. The summed E-state index contributed by atoms with van der Waals surface area (Å²) in [5, 5.41) is 2.82. The second kappa shape index (κ2) is 3.89. The third-order valence-electron chi connectivity index (χ3n) is 4.10. The second-order valence-corrected chi connectivity index (χ2v) is 4.20. The van der Waals surface area contributed by atoms with Crippen LogP contribution in [0.5, 0.6) is 0 Å². The molecule has 82 valence electrons. The van der Waals surface area contributed by atoms with Gasteiger partial charge in [0.05, 0.1) is 19.6 Å². The van der Waals surface area contributed by atoms with Crippen molar-refractivity contribution in [3.63, 3.8) is 0 Å². The van der Waals surface area contributed by atoms with Crippen molar-refractivity contribution in [2.45, 2.75) is 39.2 Å². The largest absolute Gasteiger partial charge is 0.354 e. The lowest BCUT2D eigenvalue weighted by Gasteiger charge is -2.42. The smallest absolute Gasteiger partial charge is 0.281 e. The van der Waals surface area contributed by atoms with Crippen LogP contribution in [0.3, 0.4) is 0 Å². The van der Waals surface area contributed by atoms with Gasteiger partial charge in [0.15, 0.2) is 5.54 Å². The maximum absolute atomic E-state index is 11.9. The van der Waals surface area contributed by atoms with Gasteiger partial charge in [-0.3, -0.25) is 4.79 Å². The SMILES string of the molecule is CC[N+](CC)(CC)C1(C(=O)NC)CC1. The molecule has 1 saturated carbocycles. The minimum absolute atomic E-state index is 0.0903. The number of carbonyl (C=O) groups is 1. The number of rotatable bonds is 5. The molecule has 3 nitrogen and oxygen atoms in total. The molecule has 0 atom stereocenters. The van der Waals surface area contributed by atoms with Crippen LogP contribution in [0.2, 0.25) is 0 Å². The summed E-state index contributed by atoms with van der Waals surface area (Å²) in [4.78, 5) is 11.9. The highest BCUT2D eigenvalue weighted by Gasteiger charge is 2.63. The molecule has 14 heavy (non-hydrogen) atoms. The second-order valence-electron chi connectivity index (χ2n) is 4.20. The summed E-state index contributed by atoms with van der Waals surface area (Å²) in [6.07, 6.45) is 2.12. The van der Waals surface area contributed by atoms with Crippen LogP contribution in [0.1, 0.15) is 33.6 Å². The molecule has 0 heterocycles. The van der Waals surface area contributed by atoms with E-state index in [1.807, 2.05) is 0 Å². The number of nitrogens with one attached hydrogen (secondary N) is 1. The van der Waals surface area contributed by atoms with Gasteiger partial charge >= 0.3 is 0 Å². The minimum atomic E-state index is -0.0903. The van der Waals surface area contributed by atoms with E-state index in [4.69, 9.17) is 0 Å². The topological polar surface area (TPSA) is 29.1 Å². The van der Waals surface area contributed by atoms with E-state index in [0.29, 0.717) is 0 Å². The Morgan fingerprint density at radius 1 is 1.21 bits per heavy atom. The molecule has 0 aromatic heterocycles. The van der Waals surface area contributed by atoms with Crippen LogP contribution >= 0.6 is 0 Å². The summed E-state index contributed by atoms with van der Waals surface area (Å²) in [7, 11) is 1.75. The van der Waals surface area contributed by atoms with Crippen LogP contribution in [-0.4, -0.2) is 42.6 Å². The van der Waals surface area contributed by atoms with E-state index in [9.17, 15) is 4.79 Å². The normalized spacial score (nSPS) is 19.1. The number of quaternary nitrogens is 1. The Morgan fingerprint density at radius 3 is 1.86 bits per heavy atom. The molecule has 0 aromatic rings. The first-order chi connectivity index (χ1) is 6.62. The Balaban J connectivity index is 2.93. The first-order valence-corrected chi connectivity index (χ1v) is 5.70. The zero-order chi connectivity index (χ0) is 10.8. The molecule has 0 unspecified atom stereocenters. The van der Waals surface area contributed by atoms with Crippen molar-refractivity contribution in [1.82, 2.24) is 5.32 Å². The van der Waals surface area contributed by atoms with Gasteiger partial charge in [0.25, 0.3) is 5.91 Å². The summed E-state index contributed by atoms with van der Waals surface area (Å²) >= 11 is 0. The number of amides is 1. The van der Waals surface area contributed by atoms with E-state index < -0.39 is 0 Å². The third-order valence-corrected chi connectivity index (χ3v) is 4.10. The van der Waals surface area contributed by atoms with Gasteiger partial charge < -0.3 is 9.80 Å². The van der Waals surface area contributed by atoms with Crippen molar-refractivity contribution in [2.75, 3.05) is 26.7 Å². The van der Waals surface area contributed by atoms with Gasteiger partial charge in [-0.1, -0.05) is 0 Å². The summed E-state index contributed by atoms with van der Waals surface area (Å²) < 4.78 is 0.951. The van der Waals surface area contributed by atoms with Gasteiger partial charge in [-0.2, -0.15) is 0 Å². The Bertz CT molecular complexity index is 209. The van der Waals surface area contributed by atoms with Gasteiger partial charge in [-0.05, 0) is 20.8 Å². The maximum Gasteiger partial charge on any atom is 0.281 e. The quantitative estimate of drug-likeness (QED) is 0.661. The van der Waals surface area contributed by atoms with E-state index in [1.54, 1.807) is 7.05 Å². The predicted molar refractivity (Wildman–Crippen MR) is 57.9 cm³/mol. The Kier molecular flexibility index (Phi) is 3.20. The molecule has 0 saturated heterocycles. The highest BCUT2D eigenvalue weighted by atomic mass is 16.2. The van der Waals surface area contributed by atoms with Gasteiger partial charge in [0.1, 0.15) is 0 Å². The molecular formula is C11H23N2O+. The summed E-state index contributed by atoms with van der Waals surface area (Å²) in [6, 6.07) is 0. The van der Waals surface area contributed by atoms with Crippen LogP contribution in [0.25, 0.3) is 0 Å². The lowest BCUT2D eigenvalue weighted by molar-refractivity contribution is -0.948. The first kappa shape index (κ1) is 11.5. The van der Waals surface area contributed by atoms with Crippen molar-refractivity contribution in [3.8, 4) is 0 Å². The van der Waals surface area contributed by atoms with Crippen LogP contribution in [0.4, 0.5) is 0 Å². The molecule has 1 amide bonds. The average molecular weight is 199 g/mol. The number of likely N-dealkylation sites (N-methyl/N-ethyl adjacent to an activating group) is 2. The zero-order valence-electron chi connectivity index (χ0n) is 9.89. The minimum Gasteiger partial charge on any atom is -0.354 e. The van der Waals surface area contributed by atoms with Crippen molar-refractivity contribution in [3.05, 3.63) is 0 Å². The number of carbonyl (C=O) groups excluding carboxylic acids is 1. The number of hydrogen-bond acceptors (Lipinski definition) is 1. The molecule has 1 rings (SSSR count). The molecule has 0 aromatic carbocycles. The van der Waals surface area contributed by atoms with E-state index in [-0.39, 0.29) is 11.4 Å². The van der Waals surface area contributed by atoms with Crippen molar-refractivity contribution >= 4 is 5.91 Å². The third kappa shape index (κ3) is 1.34. The van der Waals surface area contributed by atoms with E-state index >= 15 is 0 Å². The number of hydrogen-bond donors (Lipinski definition) is 1. The molecule has 3 heteroatoms. The summed E-state index contributed by atoms with van der Waals surface area (Å²) in [5.41, 5.74) is -0.0903. The van der Waals surface area contributed by atoms with Crippen molar-refractivity contribution in [2.24, 2.45) is 0 Å². The molecule has 0 spiro atoms. The maximum atomic E-state index is 11.9. The fourth-order valence-corrected chi connectivity index (χ4v) is 2.85. The lowest BCUT2D eigenvalue weighted by Crippen LogP contribution is -2.62. The van der Waals surface area contributed by atoms with Crippen LogP contribution in [0, 0.1) is 0 Å². The van der Waals surface area contributed by atoms with Gasteiger partial charge in [-0.25, -0.2) is 0 Å². The average Bonchev–Trinajstić information content (AvgIpc) is 3.02. The highest BCUT2D eigenvalue weighted by molar-refractivity contribution is 5.87. The first-order valence-electron chi connectivity index (χ1n) is 5.70. The van der Waals surface area contributed by atoms with Gasteiger partial charge in [0.2, 0.25) is 0 Å². The molecule has 0 bridgehead atoms. The van der Waals surface area contributed by atoms with Crippen molar-refractivity contribution < 1.29 is 9.28 Å². The number of nitrogens with zero attached hydrogens (tertiary/aromatic N) is 1. The lowest BCUT2D eigenvalue weighted by atomic mass is 10.1. The monoisotopic (exact) mass is 199 g/mol. The van der Waals surface area contributed by atoms with Crippen LogP contribution in [0.15, 0.2) is 0 Å². The van der Waals surface area contributed by atoms with E-state index in [1.165, 1.54) is 0 Å². The molecular weight excluding hydrogens is 176 g/mol. The molecule has 1 fully saturated rings. The van der Waals surface area contributed by atoms with Crippen molar-refractivity contribution in [1.29, 1.82) is 0 Å². The standard InChI is InChI=1S/C11H22N2O/c1-5-13(6-2,7-3)11(8-9-11)10(14)12-4/h5-9H2,1-4H3/p+1. The molecule has 1 aliphatic rings. The van der Waals surface area contributed by atoms with Gasteiger partial charge in [0, 0.05) is 19.9 Å². The molecule has 0 radical (unpaired) electrons. The Hall–Kier alpha value is -0.570. The predicted octanol–water partition coefficient (Wildman–Crippen LogP) is 1.14. The van der Waals surface area contributed by atoms with E-state index in [0.717, 1.165) is 37.0 Å². The fraction of sp³-hybridized carbons (Fsp3) is 0.909. The summed E-state index contributed by atoms with van der Waals surface area (Å²) in [5.74, 6) is 0.239. The Morgan fingerprint density at radius 2 is 1.64 bits per heavy atom. The van der Waals surface area contributed by atoms with Crippen LogP contribution in [-0.2, 0) is 4.79 Å². The molecule has 0 aliphatic heterocycles. The summed E-state index contributed by atoms with van der Waals surface area (Å²) in [6.45, 7) is 9.74. The fourth-order valence-electron chi connectivity index (χ4n) is 2.85. The Labute approximate surface area is 87.1 Å². The highest BCUT2D eigenvalue weighted by Crippen LogP contribution is 2.46.